The quantitative estimate of drug-likeness (QED) is 0.326. The summed E-state index contributed by atoms with van der Waals surface area (Å²) in [4.78, 5) is 28.3. The van der Waals surface area contributed by atoms with Gasteiger partial charge in [-0.05, 0) is 68.3 Å². The van der Waals surface area contributed by atoms with E-state index in [1.54, 1.807) is 61.5 Å². The summed E-state index contributed by atoms with van der Waals surface area (Å²) in [5, 5.41) is 3.76. The maximum absolute atomic E-state index is 13.9. The molecule has 0 saturated carbocycles. The van der Waals surface area contributed by atoms with E-state index in [1.165, 1.54) is 29.2 Å². The fourth-order valence-electron chi connectivity index (χ4n) is 3.71. The molecule has 0 bridgehead atoms. The Balaban J connectivity index is 2.02. The number of hydrogen-bond donors (Lipinski definition) is 1. The van der Waals surface area contributed by atoms with Gasteiger partial charge in [-0.1, -0.05) is 66.5 Å². The smallest absolute Gasteiger partial charge is 0.264 e. The van der Waals surface area contributed by atoms with Crippen LogP contribution in [-0.2, 0) is 26.2 Å². The second-order valence-corrected chi connectivity index (χ2v) is 11.6. The summed E-state index contributed by atoms with van der Waals surface area (Å²) < 4.78 is 28.4. The van der Waals surface area contributed by atoms with Crippen molar-refractivity contribution in [3.63, 3.8) is 0 Å². The third-order valence-corrected chi connectivity index (χ3v) is 8.60. The molecule has 1 N–H and O–H groups in total. The molecule has 0 aliphatic heterocycles. The molecule has 0 radical (unpaired) electrons. The maximum atomic E-state index is 13.9. The largest absolute Gasteiger partial charge is 0.352 e. The number of amides is 2. The second kappa shape index (κ2) is 13.1. The Kier molecular flexibility index (Phi) is 10.2. The first-order valence-corrected chi connectivity index (χ1v) is 14.4. The Hall–Kier alpha value is -3.07. The van der Waals surface area contributed by atoms with E-state index >= 15 is 0 Å². The molecule has 38 heavy (non-hydrogen) atoms. The third kappa shape index (κ3) is 7.28. The lowest BCUT2D eigenvalue weighted by atomic mass is 10.1. The summed E-state index contributed by atoms with van der Waals surface area (Å²) in [6.07, 6.45) is 0.719. The molecule has 3 aromatic rings. The van der Waals surface area contributed by atoms with Crippen molar-refractivity contribution >= 4 is 50.7 Å². The number of benzene rings is 3. The van der Waals surface area contributed by atoms with Gasteiger partial charge >= 0.3 is 0 Å². The topological polar surface area (TPSA) is 86.8 Å². The lowest BCUT2D eigenvalue weighted by Gasteiger charge is -2.32. The van der Waals surface area contributed by atoms with Crippen molar-refractivity contribution in [2.24, 2.45) is 0 Å². The van der Waals surface area contributed by atoms with Crippen LogP contribution in [0.25, 0.3) is 0 Å². The molecule has 0 unspecified atom stereocenters. The highest BCUT2D eigenvalue weighted by molar-refractivity contribution is 7.92. The van der Waals surface area contributed by atoms with E-state index in [2.05, 4.69) is 5.32 Å². The van der Waals surface area contributed by atoms with Crippen LogP contribution in [0, 0.1) is 0 Å². The summed E-state index contributed by atoms with van der Waals surface area (Å²) >= 11 is 12.4. The Morgan fingerprint density at radius 2 is 1.50 bits per heavy atom. The molecule has 0 fully saturated rings. The van der Waals surface area contributed by atoms with Crippen LogP contribution in [0.15, 0.2) is 83.8 Å². The molecular weight excluding hydrogens is 545 g/mol. The van der Waals surface area contributed by atoms with Crippen molar-refractivity contribution in [2.45, 2.75) is 50.7 Å². The molecule has 0 spiro atoms. The van der Waals surface area contributed by atoms with Gasteiger partial charge in [0.05, 0.1) is 10.6 Å². The van der Waals surface area contributed by atoms with Gasteiger partial charge in [0.2, 0.25) is 11.8 Å². The summed E-state index contributed by atoms with van der Waals surface area (Å²) in [6.45, 7) is 4.92. The number of nitrogens with one attached hydrogen (secondary N) is 1. The highest BCUT2D eigenvalue weighted by atomic mass is 35.5. The summed E-state index contributed by atoms with van der Waals surface area (Å²) in [6, 6.07) is 20.1. The van der Waals surface area contributed by atoms with Crippen LogP contribution in [0.2, 0.25) is 10.0 Å². The Morgan fingerprint density at radius 3 is 2.11 bits per heavy atom. The zero-order chi connectivity index (χ0) is 27.9. The van der Waals surface area contributed by atoms with Gasteiger partial charge in [-0.3, -0.25) is 13.9 Å². The zero-order valence-electron chi connectivity index (χ0n) is 21.5. The first kappa shape index (κ1) is 29.5. The van der Waals surface area contributed by atoms with Crippen LogP contribution in [0.1, 0.15) is 32.8 Å². The molecule has 10 heteroatoms. The van der Waals surface area contributed by atoms with Gasteiger partial charge < -0.3 is 10.2 Å². The maximum Gasteiger partial charge on any atom is 0.264 e. The van der Waals surface area contributed by atoms with Gasteiger partial charge in [0, 0.05) is 22.6 Å². The number of halogens is 2. The lowest BCUT2D eigenvalue weighted by molar-refractivity contribution is -0.139. The summed E-state index contributed by atoms with van der Waals surface area (Å²) in [5.74, 6) is -0.908. The molecule has 3 rings (SSSR count). The van der Waals surface area contributed by atoms with Crippen molar-refractivity contribution in [3.8, 4) is 0 Å². The second-order valence-electron chi connectivity index (χ2n) is 8.91. The highest BCUT2D eigenvalue weighted by Gasteiger charge is 2.33. The third-order valence-electron chi connectivity index (χ3n) is 6.19. The van der Waals surface area contributed by atoms with Crippen molar-refractivity contribution in [3.05, 3.63) is 94.5 Å². The molecule has 0 aliphatic rings. The molecule has 0 aromatic heterocycles. The zero-order valence-corrected chi connectivity index (χ0v) is 23.8. The van der Waals surface area contributed by atoms with Crippen LogP contribution >= 0.6 is 23.2 Å². The molecule has 3 aromatic carbocycles. The van der Waals surface area contributed by atoms with E-state index < -0.39 is 28.5 Å². The van der Waals surface area contributed by atoms with Crippen molar-refractivity contribution in [2.75, 3.05) is 10.8 Å². The number of carbonyl (C=O) groups excluding carboxylic acids is 2. The van der Waals surface area contributed by atoms with Gasteiger partial charge in [0.25, 0.3) is 10.0 Å². The van der Waals surface area contributed by atoms with Gasteiger partial charge in [-0.2, -0.15) is 0 Å². The number of anilines is 1. The van der Waals surface area contributed by atoms with Crippen molar-refractivity contribution < 1.29 is 18.0 Å². The Labute approximate surface area is 234 Å². The molecule has 2 atom stereocenters. The fourth-order valence-corrected chi connectivity index (χ4v) is 5.47. The lowest BCUT2D eigenvalue weighted by Crippen LogP contribution is -2.52. The van der Waals surface area contributed by atoms with E-state index in [-0.39, 0.29) is 29.1 Å². The van der Waals surface area contributed by atoms with Crippen LogP contribution in [-0.4, -0.2) is 43.8 Å². The first-order valence-electron chi connectivity index (χ1n) is 12.2. The predicted molar refractivity (Wildman–Crippen MR) is 152 cm³/mol. The van der Waals surface area contributed by atoms with Crippen LogP contribution in [0.5, 0.6) is 0 Å². The van der Waals surface area contributed by atoms with Gasteiger partial charge in [0.15, 0.2) is 0 Å². The summed E-state index contributed by atoms with van der Waals surface area (Å²) in [7, 11) is -4.13. The molecule has 2 amide bonds. The standard InChI is InChI=1S/C28H31Cl2N3O4S/c1-4-20(2)31-28(35)21(3)32(18-22-10-8-9-13-26(22)30)27(34)19-33(24-16-14-23(29)15-17-24)38(36,37)25-11-6-5-7-12-25/h5-17,20-21H,4,18-19H2,1-3H3,(H,31,35)/t20-,21+/m1/s1. The minimum atomic E-state index is -4.13. The van der Waals surface area contributed by atoms with Gasteiger partial charge in [0.1, 0.15) is 12.6 Å². The SMILES string of the molecule is CC[C@@H](C)NC(=O)[C@H](C)N(Cc1ccccc1Cl)C(=O)CN(c1ccc(Cl)cc1)S(=O)(=O)c1ccccc1. The van der Waals surface area contributed by atoms with Gasteiger partial charge in [-0.15, -0.1) is 0 Å². The van der Waals surface area contributed by atoms with Gasteiger partial charge in [-0.25, -0.2) is 8.42 Å². The fraction of sp³-hybridized carbons (Fsp3) is 0.286. The molecule has 0 saturated heterocycles. The molecule has 0 heterocycles. The van der Waals surface area contributed by atoms with Crippen molar-refractivity contribution in [1.29, 1.82) is 0 Å². The number of rotatable bonds is 11. The molecule has 7 nitrogen and oxygen atoms in total. The van der Waals surface area contributed by atoms with Crippen LogP contribution in [0.4, 0.5) is 5.69 Å². The van der Waals surface area contributed by atoms with E-state index in [9.17, 15) is 18.0 Å². The van der Waals surface area contributed by atoms with E-state index in [0.29, 0.717) is 15.6 Å². The van der Waals surface area contributed by atoms with Crippen LogP contribution in [0.3, 0.4) is 0 Å². The minimum Gasteiger partial charge on any atom is -0.352 e. The summed E-state index contributed by atoms with van der Waals surface area (Å²) in [5.41, 5.74) is 0.899. The van der Waals surface area contributed by atoms with E-state index in [1.807, 2.05) is 13.8 Å². The number of sulfonamides is 1. The highest BCUT2D eigenvalue weighted by Crippen LogP contribution is 2.26. The number of nitrogens with zero attached hydrogens (tertiary/aromatic N) is 2. The van der Waals surface area contributed by atoms with E-state index in [0.717, 1.165) is 10.7 Å². The first-order chi connectivity index (χ1) is 18.0. The van der Waals surface area contributed by atoms with Crippen molar-refractivity contribution in [1.82, 2.24) is 10.2 Å². The molecular formula is C28H31Cl2N3O4S. The molecule has 0 aliphatic carbocycles. The Morgan fingerprint density at radius 1 is 0.895 bits per heavy atom. The number of carbonyl (C=O) groups is 2. The Bertz CT molecular complexity index is 1350. The van der Waals surface area contributed by atoms with E-state index in [4.69, 9.17) is 23.2 Å². The minimum absolute atomic E-state index is 0.0213. The molecule has 202 valence electrons. The normalized spacial score (nSPS) is 12.9. The average Bonchev–Trinajstić information content (AvgIpc) is 2.91. The average molecular weight is 577 g/mol. The monoisotopic (exact) mass is 575 g/mol. The van der Waals surface area contributed by atoms with Crippen LogP contribution < -0.4 is 9.62 Å². The predicted octanol–water partition coefficient (Wildman–Crippen LogP) is 5.52. The number of hydrogen-bond acceptors (Lipinski definition) is 4.